The van der Waals surface area contributed by atoms with E-state index >= 15 is 0 Å². The molecule has 1 fully saturated rings. The van der Waals surface area contributed by atoms with Crippen molar-refractivity contribution in [2.75, 3.05) is 7.05 Å². The summed E-state index contributed by atoms with van der Waals surface area (Å²) < 4.78 is 4.11. The molecule has 2 aromatic heterocycles. The first kappa shape index (κ1) is 14.3. The summed E-state index contributed by atoms with van der Waals surface area (Å²) in [6.45, 7) is 0. The van der Waals surface area contributed by atoms with Crippen LogP contribution in [0, 0.1) is 0 Å². The Morgan fingerprint density at radius 2 is 2.10 bits per heavy atom. The van der Waals surface area contributed by atoms with E-state index in [0.29, 0.717) is 6.04 Å². The van der Waals surface area contributed by atoms with Crippen molar-refractivity contribution >= 4 is 0 Å². The van der Waals surface area contributed by atoms with Gasteiger partial charge in [0.1, 0.15) is 0 Å². The lowest BCUT2D eigenvalue weighted by atomic mass is 9.96. The van der Waals surface area contributed by atoms with Gasteiger partial charge in [0.05, 0.1) is 23.5 Å². The van der Waals surface area contributed by atoms with Crippen LogP contribution in [0.25, 0.3) is 0 Å². The third kappa shape index (κ3) is 3.18. The molecule has 1 atom stereocenters. The first-order valence-electron chi connectivity index (χ1n) is 7.97. The molecule has 114 valence electrons. The highest BCUT2D eigenvalue weighted by atomic mass is 15.3. The minimum atomic E-state index is 0.257. The Kier molecular flexibility index (Phi) is 4.39. The van der Waals surface area contributed by atoms with Crippen LogP contribution < -0.4 is 5.32 Å². The Morgan fingerprint density at radius 3 is 2.76 bits per heavy atom. The Morgan fingerprint density at radius 1 is 1.29 bits per heavy atom. The van der Waals surface area contributed by atoms with Crippen LogP contribution in [-0.2, 0) is 13.5 Å². The van der Waals surface area contributed by atoms with E-state index in [9.17, 15) is 0 Å². The summed E-state index contributed by atoms with van der Waals surface area (Å²) in [6.07, 6.45) is 11.5. The lowest BCUT2D eigenvalue weighted by Gasteiger charge is -2.22. The summed E-state index contributed by atoms with van der Waals surface area (Å²) in [5, 5.41) is 12.4. The zero-order valence-corrected chi connectivity index (χ0v) is 13.0. The van der Waals surface area contributed by atoms with E-state index in [1.807, 2.05) is 25.0 Å². The van der Waals surface area contributed by atoms with Crippen LogP contribution in [0.3, 0.4) is 0 Å². The van der Waals surface area contributed by atoms with Crippen LogP contribution in [0.2, 0.25) is 0 Å². The van der Waals surface area contributed by atoms with Crippen molar-refractivity contribution in [1.82, 2.24) is 24.9 Å². The highest BCUT2D eigenvalue weighted by Gasteiger charge is 2.18. The Balaban J connectivity index is 1.69. The lowest BCUT2D eigenvalue weighted by Crippen LogP contribution is -2.22. The fourth-order valence-electron chi connectivity index (χ4n) is 3.32. The number of likely N-dealkylation sites (N-methyl/N-ethyl adjacent to an activating group) is 1. The number of nitrogens with zero attached hydrogens (tertiary/aromatic N) is 4. The molecule has 0 amide bonds. The van der Waals surface area contributed by atoms with Crippen molar-refractivity contribution in [3.63, 3.8) is 0 Å². The van der Waals surface area contributed by atoms with E-state index in [1.54, 1.807) is 0 Å². The largest absolute Gasteiger partial charge is 0.311 e. The maximum absolute atomic E-state index is 4.81. The van der Waals surface area contributed by atoms with Crippen LogP contribution in [-0.4, -0.2) is 26.6 Å². The van der Waals surface area contributed by atoms with Gasteiger partial charge in [-0.05, 0) is 32.0 Å². The van der Waals surface area contributed by atoms with E-state index in [-0.39, 0.29) is 6.04 Å². The number of aryl methyl sites for hydroxylation is 1. The molecule has 0 spiro atoms. The molecule has 2 heterocycles. The minimum absolute atomic E-state index is 0.257. The molecule has 0 aromatic carbocycles. The maximum atomic E-state index is 4.81. The lowest BCUT2D eigenvalue weighted by molar-refractivity contribution is 0.327. The highest BCUT2D eigenvalue weighted by molar-refractivity contribution is 5.12. The van der Waals surface area contributed by atoms with Gasteiger partial charge in [-0.1, -0.05) is 19.3 Å². The molecule has 5 nitrogen and oxygen atoms in total. The third-order valence-electron chi connectivity index (χ3n) is 4.59. The Bertz CT molecular complexity index is 565. The van der Waals surface area contributed by atoms with Gasteiger partial charge < -0.3 is 5.32 Å². The normalized spacial score (nSPS) is 18.0. The molecule has 5 heteroatoms. The van der Waals surface area contributed by atoms with Crippen molar-refractivity contribution in [3.05, 3.63) is 35.9 Å². The standard InChI is InChI=1S/C16H25N5/c1-17-15(16-8-10-18-20(16)2)12-13-9-11-21(19-13)14-6-4-3-5-7-14/h8-11,14-15,17H,3-7,12H2,1-2H3. The molecule has 0 aliphatic heterocycles. The summed E-state index contributed by atoms with van der Waals surface area (Å²) in [7, 11) is 3.98. The van der Waals surface area contributed by atoms with Gasteiger partial charge in [0.2, 0.25) is 0 Å². The van der Waals surface area contributed by atoms with Gasteiger partial charge in [0.15, 0.2) is 0 Å². The minimum Gasteiger partial charge on any atom is -0.311 e. The van der Waals surface area contributed by atoms with Crippen molar-refractivity contribution in [1.29, 1.82) is 0 Å². The number of rotatable bonds is 5. The molecule has 1 aliphatic carbocycles. The zero-order chi connectivity index (χ0) is 14.7. The second-order valence-electron chi connectivity index (χ2n) is 6.00. The topological polar surface area (TPSA) is 47.7 Å². The average molecular weight is 287 g/mol. The van der Waals surface area contributed by atoms with Crippen LogP contribution in [0.4, 0.5) is 0 Å². The molecular formula is C16H25N5. The van der Waals surface area contributed by atoms with E-state index in [2.05, 4.69) is 33.4 Å². The van der Waals surface area contributed by atoms with Crippen LogP contribution in [0.5, 0.6) is 0 Å². The monoisotopic (exact) mass is 287 g/mol. The van der Waals surface area contributed by atoms with Crippen molar-refractivity contribution in [2.24, 2.45) is 7.05 Å². The molecule has 3 rings (SSSR count). The van der Waals surface area contributed by atoms with Crippen LogP contribution in [0.1, 0.15) is 55.6 Å². The summed E-state index contributed by atoms with van der Waals surface area (Å²) in [4.78, 5) is 0. The van der Waals surface area contributed by atoms with Crippen LogP contribution >= 0.6 is 0 Å². The molecule has 21 heavy (non-hydrogen) atoms. The summed E-state index contributed by atoms with van der Waals surface area (Å²) in [5.41, 5.74) is 2.35. The number of hydrogen-bond acceptors (Lipinski definition) is 3. The van der Waals surface area contributed by atoms with Gasteiger partial charge in [-0.3, -0.25) is 9.36 Å². The molecule has 1 aliphatic rings. The van der Waals surface area contributed by atoms with Crippen LogP contribution in [0.15, 0.2) is 24.5 Å². The molecular weight excluding hydrogens is 262 g/mol. The number of nitrogens with one attached hydrogen (secondary N) is 1. The Labute approximate surface area is 126 Å². The van der Waals surface area contributed by atoms with Gasteiger partial charge in [-0.25, -0.2) is 0 Å². The van der Waals surface area contributed by atoms with Crippen molar-refractivity contribution < 1.29 is 0 Å². The summed E-state index contributed by atoms with van der Waals surface area (Å²) in [5.74, 6) is 0. The SMILES string of the molecule is CNC(Cc1ccn(C2CCCCC2)n1)c1ccnn1C. The van der Waals surface area contributed by atoms with E-state index in [4.69, 9.17) is 5.10 Å². The predicted octanol–water partition coefficient (Wildman–Crippen LogP) is 2.63. The van der Waals surface area contributed by atoms with Gasteiger partial charge >= 0.3 is 0 Å². The smallest absolute Gasteiger partial charge is 0.0644 e. The fraction of sp³-hybridized carbons (Fsp3) is 0.625. The van der Waals surface area contributed by atoms with Crippen molar-refractivity contribution in [2.45, 2.75) is 50.6 Å². The highest BCUT2D eigenvalue weighted by Crippen LogP contribution is 2.27. The average Bonchev–Trinajstić information content (AvgIpc) is 3.15. The fourth-order valence-corrected chi connectivity index (χ4v) is 3.32. The molecule has 1 saturated carbocycles. The zero-order valence-electron chi connectivity index (χ0n) is 13.0. The molecule has 1 unspecified atom stereocenters. The van der Waals surface area contributed by atoms with Gasteiger partial charge in [-0.15, -0.1) is 0 Å². The van der Waals surface area contributed by atoms with Gasteiger partial charge in [0.25, 0.3) is 0 Å². The second-order valence-corrected chi connectivity index (χ2v) is 6.00. The summed E-state index contributed by atoms with van der Waals surface area (Å²) >= 11 is 0. The van der Waals surface area contributed by atoms with Crippen molar-refractivity contribution in [3.8, 4) is 0 Å². The quantitative estimate of drug-likeness (QED) is 0.919. The third-order valence-corrected chi connectivity index (χ3v) is 4.59. The molecule has 0 saturated heterocycles. The predicted molar refractivity (Wildman–Crippen MR) is 83.1 cm³/mol. The van der Waals surface area contributed by atoms with Gasteiger partial charge in [-0.2, -0.15) is 10.2 Å². The molecule has 0 radical (unpaired) electrons. The summed E-state index contributed by atoms with van der Waals surface area (Å²) in [6, 6.07) is 5.10. The van der Waals surface area contributed by atoms with E-state index < -0.39 is 0 Å². The van der Waals surface area contributed by atoms with E-state index in [1.165, 1.54) is 37.8 Å². The molecule has 1 N–H and O–H groups in total. The van der Waals surface area contributed by atoms with Gasteiger partial charge in [0, 0.05) is 25.9 Å². The number of aromatic nitrogens is 4. The molecule has 0 bridgehead atoms. The number of hydrogen-bond donors (Lipinski definition) is 1. The first-order valence-corrected chi connectivity index (χ1v) is 7.97. The first-order chi connectivity index (χ1) is 10.3. The Hall–Kier alpha value is -1.62. The van der Waals surface area contributed by atoms with E-state index in [0.717, 1.165) is 12.1 Å². The second kappa shape index (κ2) is 6.43. The molecule has 2 aromatic rings. The maximum Gasteiger partial charge on any atom is 0.0644 e.